The first-order valence-corrected chi connectivity index (χ1v) is 5.27. The van der Waals surface area contributed by atoms with Gasteiger partial charge in [-0.2, -0.15) is 0 Å². The first-order chi connectivity index (χ1) is 7.50. The smallest absolute Gasteiger partial charge is 0.322 e. The lowest BCUT2D eigenvalue weighted by molar-refractivity contribution is -0.137. The number of amides is 2. The molecule has 1 aliphatic carbocycles. The second-order valence-corrected chi connectivity index (χ2v) is 4.01. The zero-order chi connectivity index (χ0) is 12.1. The van der Waals surface area contributed by atoms with Gasteiger partial charge in [-0.15, -0.1) is 0 Å². The van der Waals surface area contributed by atoms with Gasteiger partial charge in [-0.1, -0.05) is 6.92 Å². The number of aliphatic carboxylic acids is 1. The summed E-state index contributed by atoms with van der Waals surface area (Å²) in [6.07, 6.45) is 2.14. The van der Waals surface area contributed by atoms with E-state index in [4.69, 9.17) is 5.11 Å². The minimum atomic E-state index is -1.11. The van der Waals surface area contributed by atoms with Gasteiger partial charge >= 0.3 is 5.97 Å². The molecular weight excluding hydrogens is 212 g/mol. The van der Waals surface area contributed by atoms with Gasteiger partial charge in [0.05, 0.1) is 6.54 Å². The molecule has 3 N–H and O–H groups in total. The molecule has 2 amide bonds. The van der Waals surface area contributed by atoms with Crippen LogP contribution in [-0.4, -0.2) is 36.0 Å². The molecule has 0 aromatic heterocycles. The number of hydrogen-bond donors (Lipinski definition) is 3. The van der Waals surface area contributed by atoms with Crippen molar-refractivity contribution in [1.82, 2.24) is 10.6 Å². The second kappa shape index (κ2) is 5.48. The molecule has 1 rings (SSSR count). The molecule has 6 heteroatoms. The summed E-state index contributed by atoms with van der Waals surface area (Å²) in [7, 11) is 0. The average molecular weight is 228 g/mol. The Morgan fingerprint density at radius 3 is 2.38 bits per heavy atom. The van der Waals surface area contributed by atoms with Crippen molar-refractivity contribution in [2.45, 2.75) is 19.8 Å². The highest BCUT2D eigenvalue weighted by molar-refractivity contribution is 5.87. The number of carbonyl (C=O) groups is 3. The summed E-state index contributed by atoms with van der Waals surface area (Å²) in [5, 5.41) is 13.0. The summed E-state index contributed by atoms with van der Waals surface area (Å²) in [6, 6.07) is 0. The fourth-order valence-corrected chi connectivity index (χ4v) is 1.38. The van der Waals surface area contributed by atoms with Crippen LogP contribution in [0, 0.1) is 11.8 Å². The van der Waals surface area contributed by atoms with Gasteiger partial charge in [-0.05, 0) is 18.8 Å². The predicted molar refractivity (Wildman–Crippen MR) is 55.5 cm³/mol. The summed E-state index contributed by atoms with van der Waals surface area (Å²) in [6.45, 7) is 1.25. The summed E-state index contributed by atoms with van der Waals surface area (Å²) in [5.74, 6) is -1.35. The van der Waals surface area contributed by atoms with E-state index in [1.165, 1.54) is 0 Å². The summed E-state index contributed by atoms with van der Waals surface area (Å²) in [4.78, 5) is 32.7. The molecule has 0 saturated heterocycles. The maximum Gasteiger partial charge on any atom is 0.322 e. The third-order valence-corrected chi connectivity index (χ3v) is 2.60. The lowest BCUT2D eigenvalue weighted by atomic mass is 10.1. The second-order valence-electron chi connectivity index (χ2n) is 4.01. The highest BCUT2D eigenvalue weighted by atomic mass is 16.4. The molecule has 0 heterocycles. The summed E-state index contributed by atoms with van der Waals surface area (Å²) >= 11 is 0. The van der Waals surface area contributed by atoms with Gasteiger partial charge in [0, 0.05) is 5.92 Å². The molecule has 0 spiro atoms. The highest BCUT2D eigenvalue weighted by Crippen LogP contribution is 2.36. The number of rotatable bonds is 6. The van der Waals surface area contributed by atoms with Crippen LogP contribution in [0.1, 0.15) is 19.8 Å². The number of carbonyl (C=O) groups excluding carboxylic acids is 2. The molecule has 1 aliphatic rings. The van der Waals surface area contributed by atoms with Gasteiger partial charge in [0.15, 0.2) is 0 Å². The molecule has 1 unspecified atom stereocenters. The summed E-state index contributed by atoms with van der Waals surface area (Å²) in [5.41, 5.74) is 0. The van der Waals surface area contributed by atoms with Gasteiger partial charge < -0.3 is 15.7 Å². The maximum atomic E-state index is 11.5. The van der Waals surface area contributed by atoms with Crippen molar-refractivity contribution in [3.05, 3.63) is 0 Å². The van der Waals surface area contributed by atoms with Crippen molar-refractivity contribution in [2.75, 3.05) is 13.1 Å². The highest BCUT2D eigenvalue weighted by Gasteiger charge is 2.32. The van der Waals surface area contributed by atoms with Crippen LogP contribution in [0.4, 0.5) is 0 Å². The predicted octanol–water partition coefficient (Wildman–Crippen LogP) is -0.650. The van der Waals surface area contributed by atoms with Crippen LogP contribution in [0.3, 0.4) is 0 Å². The molecule has 6 nitrogen and oxygen atoms in total. The van der Waals surface area contributed by atoms with Crippen molar-refractivity contribution in [2.24, 2.45) is 11.8 Å². The maximum absolute atomic E-state index is 11.5. The molecule has 1 saturated carbocycles. The Kier molecular flexibility index (Phi) is 4.28. The van der Waals surface area contributed by atoms with E-state index in [1.54, 1.807) is 0 Å². The molecule has 0 aromatic rings. The Balaban J connectivity index is 2.15. The molecule has 0 aliphatic heterocycles. The quantitative estimate of drug-likeness (QED) is 0.563. The van der Waals surface area contributed by atoms with E-state index in [9.17, 15) is 14.4 Å². The Morgan fingerprint density at radius 1 is 1.25 bits per heavy atom. The van der Waals surface area contributed by atoms with Crippen LogP contribution in [-0.2, 0) is 14.4 Å². The van der Waals surface area contributed by atoms with Crippen molar-refractivity contribution in [1.29, 1.82) is 0 Å². The topological polar surface area (TPSA) is 95.5 Å². The van der Waals surface area contributed by atoms with Crippen molar-refractivity contribution in [3.63, 3.8) is 0 Å². The lowest BCUT2D eigenvalue weighted by Gasteiger charge is -2.10. The monoisotopic (exact) mass is 228 g/mol. The third-order valence-electron chi connectivity index (χ3n) is 2.60. The SMILES string of the molecule is CC(C(=O)NCC(=O)NCC(=O)O)C1CC1. The van der Waals surface area contributed by atoms with Crippen LogP contribution in [0.15, 0.2) is 0 Å². The number of hydrogen-bond acceptors (Lipinski definition) is 3. The zero-order valence-electron chi connectivity index (χ0n) is 9.16. The number of carboxylic acids is 1. The van der Waals surface area contributed by atoms with Crippen LogP contribution in [0.2, 0.25) is 0 Å². The van der Waals surface area contributed by atoms with Gasteiger partial charge in [0.25, 0.3) is 0 Å². The lowest BCUT2D eigenvalue weighted by Crippen LogP contribution is -2.40. The van der Waals surface area contributed by atoms with Crippen molar-refractivity contribution < 1.29 is 19.5 Å². The largest absolute Gasteiger partial charge is 0.480 e. The van der Waals surface area contributed by atoms with E-state index < -0.39 is 18.4 Å². The van der Waals surface area contributed by atoms with Gasteiger partial charge in [-0.3, -0.25) is 14.4 Å². The standard InChI is InChI=1S/C10H16N2O4/c1-6(7-2-3-7)10(16)12-4-8(13)11-5-9(14)15/h6-7H,2-5H2,1H3,(H,11,13)(H,12,16)(H,14,15). The zero-order valence-corrected chi connectivity index (χ0v) is 9.16. The Labute approximate surface area is 93.4 Å². The minimum Gasteiger partial charge on any atom is -0.480 e. The molecule has 1 fully saturated rings. The fraction of sp³-hybridized carbons (Fsp3) is 0.700. The van der Waals surface area contributed by atoms with E-state index in [-0.39, 0.29) is 18.4 Å². The molecule has 0 radical (unpaired) electrons. The molecule has 0 aromatic carbocycles. The Bertz CT molecular complexity index is 299. The molecular formula is C10H16N2O4. The van der Waals surface area contributed by atoms with E-state index in [0.717, 1.165) is 12.8 Å². The molecule has 16 heavy (non-hydrogen) atoms. The molecule has 90 valence electrons. The van der Waals surface area contributed by atoms with Gasteiger partial charge in [0.2, 0.25) is 11.8 Å². The van der Waals surface area contributed by atoms with Gasteiger partial charge in [0.1, 0.15) is 6.54 Å². The van der Waals surface area contributed by atoms with E-state index >= 15 is 0 Å². The van der Waals surface area contributed by atoms with Crippen LogP contribution in [0.5, 0.6) is 0 Å². The van der Waals surface area contributed by atoms with Crippen molar-refractivity contribution in [3.8, 4) is 0 Å². The van der Waals surface area contributed by atoms with Gasteiger partial charge in [-0.25, -0.2) is 0 Å². The van der Waals surface area contributed by atoms with E-state index in [0.29, 0.717) is 5.92 Å². The number of nitrogens with one attached hydrogen (secondary N) is 2. The minimum absolute atomic E-state index is 0.0627. The first kappa shape index (κ1) is 12.5. The Hall–Kier alpha value is -1.59. The van der Waals surface area contributed by atoms with E-state index in [1.807, 2.05) is 6.92 Å². The normalized spacial score (nSPS) is 16.3. The van der Waals surface area contributed by atoms with Crippen LogP contribution < -0.4 is 10.6 Å². The Morgan fingerprint density at radius 2 is 1.88 bits per heavy atom. The van der Waals surface area contributed by atoms with E-state index in [2.05, 4.69) is 10.6 Å². The average Bonchev–Trinajstić information content (AvgIpc) is 3.05. The summed E-state index contributed by atoms with van der Waals surface area (Å²) < 4.78 is 0. The fourth-order valence-electron chi connectivity index (χ4n) is 1.38. The number of carboxylic acid groups (broad SMARTS) is 1. The first-order valence-electron chi connectivity index (χ1n) is 5.27. The molecule has 1 atom stereocenters. The van der Waals surface area contributed by atoms with Crippen LogP contribution >= 0.6 is 0 Å². The molecule has 0 bridgehead atoms. The third kappa shape index (κ3) is 4.29. The van der Waals surface area contributed by atoms with Crippen molar-refractivity contribution >= 4 is 17.8 Å². The van der Waals surface area contributed by atoms with Crippen LogP contribution in [0.25, 0.3) is 0 Å².